The zero-order valence-electron chi connectivity index (χ0n) is 12.5. The van der Waals surface area contributed by atoms with Gasteiger partial charge in [0.25, 0.3) is 0 Å². The van der Waals surface area contributed by atoms with Crippen molar-refractivity contribution in [1.29, 1.82) is 0 Å². The molecule has 1 atom stereocenters. The molecule has 21 heavy (non-hydrogen) atoms. The van der Waals surface area contributed by atoms with Gasteiger partial charge < -0.3 is 10.2 Å². The molecule has 0 saturated carbocycles. The third kappa shape index (κ3) is 4.03. The van der Waals surface area contributed by atoms with Crippen LogP contribution in [0, 0.1) is 19.8 Å². The molecule has 3 N–H and O–H groups in total. The van der Waals surface area contributed by atoms with Gasteiger partial charge in [-0.3, -0.25) is 0 Å². The van der Waals surface area contributed by atoms with Gasteiger partial charge in [-0.2, -0.15) is 0 Å². The molecule has 0 bridgehead atoms. The largest absolute Gasteiger partial charge is 0.478 e. The molecule has 7 heteroatoms. The second kappa shape index (κ2) is 6.55. The van der Waals surface area contributed by atoms with Crippen molar-refractivity contribution in [2.24, 2.45) is 5.92 Å². The molecule has 0 fully saturated rings. The van der Waals surface area contributed by atoms with Crippen LogP contribution < -0.4 is 4.72 Å². The molecule has 0 radical (unpaired) electrons. The average Bonchev–Trinajstić information content (AvgIpc) is 2.38. The lowest BCUT2D eigenvalue weighted by molar-refractivity contribution is 0.0696. The van der Waals surface area contributed by atoms with E-state index < -0.39 is 22.0 Å². The molecule has 0 aliphatic rings. The van der Waals surface area contributed by atoms with Crippen LogP contribution in [0.5, 0.6) is 0 Å². The number of benzene rings is 1. The topological polar surface area (TPSA) is 104 Å². The summed E-state index contributed by atoms with van der Waals surface area (Å²) in [7, 11) is -3.90. The first-order valence-corrected chi connectivity index (χ1v) is 8.06. The van der Waals surface area contributed by atoms with E-state index in [9.17, 15) is 18.3 Å². The molecule has 6 nitrogen and oxygen atoms in total. The number of hydrogen-bond donors (Lipinski definition) is 3. The van der Waals surface area contributed by atoms with E-state index in [0.29, 0.717) is 11.1 Å². The number of aliphatic hydroxyl groups is 1. The normalized spacial score (nSPS) is 13.4. The van der Waals surface area contributed by atoms with Crippen molar-refractivity contribution in [3.05, 3.63) is 28.8 Å². The molecular formula is C14H21NO5S. The first-order valence-electron chi connectivity index (χ1n) is 6.58. The standard InChI is InChI=1S/C14H21NO5S/c1-8(2)12(7-16)15-21(19,20)13-6-11(14(17)18)5-9(3)10(13)4/h5-6,8,12,15-16H,7H2,1-4H3,(H,17,18)/t12-/m1/s1. The molecule has 1 aromatic rings. The van der Waals surface area contributed by atoms with E-state index in [1.54, 1.807) is 27.7 Å². The summed E-state index contributed by atoms with van der Waals surface area (Å²) in [5, 5.41) is 18.3. The number of aromatic carboxylic acids is 1. The number of rotatable bonds is 6. The van der Waals surface area contributed by atoms with Crippen LogP contribution in [-0.2, 0) is 10.0 Å². The Kier molecular flexibility index (Phi) is 5.49. The number of aliphatic hydroxyl groups excluding tert-OH is 1. The summed E-state index contributed by atoms with van der Waals surface area (Å²) >= 11 is 0. The smallest absolute Gasteiger partial charge is 0.335 e. The van der Waals surface area contributed by atoms with Crippen LogP contribution in [0.4, 0.5) is 0 Å². The Morgan fingerprint density at radius 1 is 1.29 bits per heavy atom. The van der Waals surface area contributed by atoms with E-state index >= 15 is 0 Å². The van der Waals surface area contributed by atoms with E-state index in [2.05, 4.69) is 4.72 Å². The molecule has 0 saturated heterocycles. The van der Waals surface area contributed by atoms with Crippen LogP contribution in [0.15, 0.2) is 17.0 Å². The number of carboxylic acids is 1. The predicted molar refractivity (Wildman–Crippen MR) is 78.9 cm³/mol. The highest BCUT2D eigenvalue weighted by Crippen LogP contribution is 2.22. The van der Waals surface area contributed by atoms with Crippen molar-refractivity contribution in [1.82, 2.24) is 4.72 Å². The maximum Gasteiger partial charge on any atom is 0.335 e. The highest BCUT2D eigenvalue weighted by Gasteiger charge is 2.25. The van der Waals surface area contributed by atoms with Crippen LogP contribution in [-0.4, -0.2) is 37.2 Å². The third-order valence-electron chi connectivity index (χ3n) is 3.46. The molecule has 118 valence electrons. The maximum absolute atomic E-state index is 12.4. The van der Waals surface area contributed by atoms with Gasteiger partial charge in [-0.25, -0.2) is 17.9 Å². The fraction of sp³-hybridized carbons (Fsp3) is 0.500. The van der Waals surface area contributed by atoms with E-state index in [1.807, 2.05) is 0 Å². The third-order valence-corrected chi connectivity index (χ3v) is 5.08. The van der Waals surface area contributed by atoms with Crippen LogP contribution in [0.2, 0.25) is 0 Å². The monoisotopic (exact) mass is 315 g/mol. The first kappa shape index (κ1) is 17.6. The Bertz CT molecular complexity index is 637. The lowest BCUT2D eigenvalue weighted by Crippen LogP contribution is -2.41. The molecule has 0 heterocycles. The minimum absolute atomic E-state index is 0.0704. The van der Waals surface area contributed by atoms with Gasteiger partial charge in [0.15, 0.2) is 0 Å². The predicted octanol–water partition coefficient (Wildman–Crippen LogP) is 1.30. The molecule has 0 amide bonds. The van der Waals surface area contributed by atoms with Gasteiger partial charge in [0, 0.05) is 6.04 Å². The maximum atomic E-state index is 12.4. The Labute approximate surface area is 124 Å². The minimum Gasteiger partial charge on any atom is -0.478 e. The van der Waals surface area contributed by atoms with Crippen molar-refractivity contribution in [2.45, 2.75) is 38.6 Å². The summed E-state index contributed by atoms with van der Waals surface area (Å²) in [4.78, 5) is 11.0. The Morgan fingerprint density at radius 3 is 2.29 bits per heavy atom. The first-order chi connectivity index (χ1) is 9.60. The average molecular weight is 315 g/mol. The number of carbonyl (C=O) groups is 1. The van der Waals surface area contributed by atoms with E-state index in [-0.39, 0.29) is 23.0 Å². The zero-order chi connectivity index (χ0) is 16.4. The number of hydrogen-bond acceptors (Lipinski definition) is 4. The summed E-state index contributed by atoms with van der Waals surface area (Å²) in [6, 6.07) is 1.95. The lowest BCUT2D eigenvalue weighted by Gasteiger charge is -2.21. The Balaban J connectivity index is 3.34. The van der Waals surface area contributed by atoms with Crippen molar-refractivity contribution in [3.8, 4) is 0 Å². The molecule has 0 spiro atoms. The lowest BCUT2D eigenvalue weighted by atomic mass is 10.1. The van der Waals surface area contributed by atoms with Gasteiger partial charge >= 0.3 is 5.97 Å². The van der Waals surface area contributed by atoms with Crippen LogP contribution >= 0.6 is 0 Å². The van der Waals surface area contributed by atoms with Crippen molar-refractivity contribution in [3.63, 3.8) is 0 Å². The van der Waals surface area contributed by atoms with Crippen LogP contribution in [0.25, 0.3) is 0 Å². The zero-order valence-corrected chi connectivity index (χ0v) is 13.4. The molecule has 0 aliphatic heterocycles. The number of nitrogens with one attached hydrogen (secondary N) is 1. The molecule has 0 aliphatic carbocycles. The van der Waals surface area contributed by atoms with E-state index in [1.165, 1.54) is 6.07 Å². The number of sulfonamides is 1. The van der Waals surface area contributed by atoms with Crippen LogP contribution in [0.1, 0.15) is 35.3 Å². The van der Waals surface area contributed by atoms with Gasteiger partial charge in [-0.15, -0.1) is 0 Å². The molecule has 1 rings (SSSR count). The van der Waals surface area contributed by atoms with Crippen molar-refractivity contribution >= 4 is 16.0 Å². The molecule has 1 aromatic carbocycles. The Hall–Kier alpha value is -1.44. The summed E-state index contributed by atoms with van der Waals surface area (Å²) in [5.74, 6) is -1.27. The number of aryl methyl sites for hydroxylation is 1. The van der Waals surface area contributed by atoms with Crippen molar-refractivity contribution in [2.75, 3.05) is 6.61 Å². The van der Waals surface area contributed by atoms with Crippen molar-refractivity contribution < 1.29 is 23.4 Å². The van der Waals surface area contributed by atoms with E-state index in [4.69, 9.17) is 5.11 Å². The highest BCUT2D eigenvalue weighted by atomic mass is 32.2. The van der Waals surface area contributed by atoms with Crippen LogP contribution in [0.3, 0.4) is 0 Å². The quantitative estimate of drug-likeness (QED) is 0.734. The Morgan fingerprint density at radius 2 is 1.86 bits per heavy atom. The van der Waals surface area contributed by atoms with E-state index in [0.717, 1.165) is 6.07 Å². The summed E-state index contributed by atoms with van der Waals surface area (Å²) in [5.41, 5.74) is 0.997. The van der Waals surface area contributed by atoms with Gasteiger partial charge in [0.1, 0.15) is 0 Å². The number of carboxylic acid groups (broad SMARTS) is 1. The summed E-state index contributed by atoms with van der Waals surface area (Å²) < 4.78 is 27.3. The fourth-order valence-electron chi connectivity index (χ4n) is 1.88. The molecule has 0 unspecified atom stereocenters. The van der Waals surface area contributed by atoms with Gasteiger partial charge in [0.05, 0.1) is 17.1 Å². The van der Waals surface area contributed by atoms with Gasteiger partial charge in [0.2, 0.25) is 10.0 Å². The highest BCUT2D eigenvalue weighted by molar-refractivity contribution is 7.89. The summed E-state index contributed by atoms with van der Waals surface area (Å²) in [6.07, 6.45) is 0. The second-order valence-electron chi connectivity index (χ2n) is 5.38. The second-order valence-corrected chi connectivity index (χ2v) is 7.06. The van der Waals surface area contributed by atoms with Gasteiger partial charge in [-0.05, 0) is 43.0 Å². The fourth-order valence-corrected chi connectivity index (χ4v) is 3.59. The minimum atomic E-state index is -3.90. The molecule has 0 aromatic heterocycles. The summed E-state index contributed by atoms with van der Waals surface area (Å²) in [6.45, 7) is 6.53. The SMILES string of the molecule is Cc1cc(C(=O)O)cc(S(=O)(=O)N[C@H](CO)C(C)C)c1C. The molecular weight excluding hydrogens is 294 g/mol. The van der Waals surface area contributed by atoms with Gasteiger partial charge in [-0.1, -0.05) is 13.8 Å².